The molecule has 0 aromatic heterocycles. The van der Waals surface area contributed by atoms with Crippen molar-refractivity contribution in [3.63, 3.8) is 0 Å². The Morgan fingerprint density at radius 1 is 1.14 bits per heavy atom. The number of anilines is 1. The molecule has 1 aromatic rings. The van der Waals surface area contributed by atoms with Crippen LogP contribution in [0.25, 0.3) is 0 Å². The topological polar surface area (TPSA) is 66.5 Å². The van der Waals surface area contributed by atoms with E-state index in [1.807, 2.05) is 6.07 Å². The zero-order chi connectivity index (χ0) is 19.7. The number of rotatable bonds is 4. The lowest BCUT2D eigenvalue weighted by Gasteiger charge is -2.59. The van der Waals surface area contributed by atoms with Crippen molar-refractivity contribution in [1.29, 1.82) is 0 Å². The van der Waals surface area contributed by atoms with Crippen molar-refractivity contribution in [1.82, 2.24) is 5.32 Å². The molecule has 4 aliphatic carbocycles. The predicted octanol–water partition coefficient (Wildman–Crippen LogP) is 3.34. The fourth-order valence-electron chi connectivity index (χ4n) is 7.00. The maximum atomic E-state index is 13.0. The number of fused-ring (bicyclic) bond motifs is 1. The molecule has 0 unspecified atom stereocenters. The molecule has 0 spiro atoms. The first kappa shape index (κ1) is 18.5. The molecule has 152 valence electrons. The minimum absolute atomic E-state index is 0.0242. The summed E-state index contributed by atoms with van der Waals surface area (Å²) in [6.07, 6.45) is 9.92. The molecule has 5 nitrogen and oxygen atoms in total. The highest BCUT2D eigenvalue weighted by Crippen LogP contribution is 2.61. The average molecular weight is 403 g/mol. The summed E-state index contributed by atoms with van der Waals surface area (Å²) in [5, 5.41) is 3.32. The summed E-state index contributed by atoms with van der Waals surface area (Å²) in [7, 11) is -3.26. The van der Waals surface area contributed by atoms with Crippen molar-refractivity contribution < 1.29 is 13.2 Å². The van der Waals surface area contributed by atoms with Gasteiger partial charge >= 0.3 is 0 Å². The summed E-state index contributed by atoms with van der Waals surface area (Å²) < 4.78 is 25.3. The standard InChI is InChI=1S/C22H30N2O3S/c1-14(22-11-15-7-16(12-22)9-17(8-15)13-22)23-21(25)19-3-4-20-18(10-19)5-6-24(20)28(2,26)27/h3-4,10,14-17H,5-9,11-13H2,1-2H3,(H,23,25)/t14-,15?,16?,17?,22?/m1/s1. The van der Waals surface area contributed by atoms with Crippen LogP contribution in [-0.4, -0.2) is 33.2 Å². The Morgan fingerprint density at radius 3 is 2.32 bits per heavy atom. The van der Waals surface area contributed by atoms with Crippen LogP contribution in [0.3, 0.4) is 0 Å². The van der Waals surface area contributed by atoms with E-state index in [0.29, 0.717) is 24.2 Å². The first-order valence-electron chi connectivity index (χ1n) is 10.6. The molecule has 6 heteroatoms. The highest BCUT2D eigenvalue weighted by atomic mass is 32.2. The van der Waals surface area contributed by atoms with Crippen LogP contribution in [0.1, 0.15) is 61.4 Å². The van der Waals surface area contributed by atoms with Crippen molar-refractivity contribution in [3.8, 4) is 0 Å². The Bertz CT molecular complexity index is 888. The van der Waals surface area contributed by atoms with Crippen LogP contribution in [0, 0.1) is 23.2 Å². The SMILES string of the molecule is C[C@@H](NC(=O)c1ccc2c(c1)CCN2S(C)(=O)=O)C12CC3CC(CC(C3)C1)C2. The molecule has 1 heterocycles. The second-order valence-electron chi connectivity index (χ2n) is 9.90. The van der Waals surface area contributed by atoms with E-state index in [-0.39, 0.29) is 17.4 Å². The van der Waals surface area contributed by atoms with Gasteiger partial charge in [0.2, 0.25) is 10.0 Å². The average Bonchev–Trinajstić information content (AvgIpc) is 3.04. The first-order chi connectivity index (χ1) is 13.2. The zero-order valence-electron chi connectivity index (χ0n) is 16.8. The lowest BCUT2D eigenvalue weighted by molar-refractivity contribution is -0.0688. The number of hydrogen-bond acceptors (Lipinski definition) is 3. The van der Waals surface area contributed by atoms with Gasteiger partial charge in [0.15, 0.2) is 0 Å². The van der Waals surface area contributed by atoms with Gasteiger partial charge in [0.25, 0.3) is 5.91 Å². The molecule has 1 aliphatic heterocycles. The van der Waals surface area contributed by atoms with E-state index in [2.05, 4.69) is 12.2 Å². The van der Waals surface area contributed by atoms with Crippen LogP contribution in [0.15, 0.2) is 18.2 Å². The molecule has 1 amide bonds. The number of hydrogen-bond donors (Lipinski definition) is 1. The Kier molecular flexibility index (Phi) is 4.10. The van der Waals surface area contributed by atoms with E-state index in [1.165, 1.54) is 49.1 Å². The van der Waals surface area contributed by atoms with Crippen molar-refractivity contribution in [2.75, 3.05) is 17.1 Å². The molecular weight excluding hydrogens is 372 g/mol. The molecule has 1 aromatic carbocycles. The Labute approximate surface area is 167 Å². The molecule has 5 aliphatic rings. The largest absolute Gasteiger partial charge is 0.349 e. The van der Waals surface area contributed by atoms with Crippen LogP contribution >= 0.6 is 0 Å². The monoisotopic (exact) mass is 402 g/mol. The molecular formula is C22H30N2O3S. The molecule has 0 radical (unpaired) electrons. The highest BCUT2D eigenvalue weighted by molar-refractivity contribution is 7.92. The van der Waals surface area contributed by atoms with Crippen molar-refractivity contribution in [3.05, 3.63) is 29.3 Å². The van der Waals surface area contributed by atoms with Gasteiger partial charge in [-0.25, -0.2) is 8.42 Å². The summed E-state index contributed by atoms with van der Waals surface area (Å²) >= 11 is 0. The molecule has 4 bridgehead atoms. The van der Waals surface area contributed by atoms with Gasteiger partial charge in [-0.05, 0) is 98.8 Å². The van der Waals surface area contributed by atoms with E-state index in [1.54, 1.807) is 12.1 Å². The second kappa shape index (κ2) is 6.22. The van der Waals surface area contributed by atoms with Crippen molar-refractivity contribution in [2.45, 2.75) is 57.9 Å². The van der Waals surface area contributed by atoms with Gasteiger partial charge in [0.05, 0.1) is 11.9 Å². The first-order valence-corrected chi connectivity index (χ1v) is 12.5. The third-order valence-electron chi connectivity index (χ3n) is 7.95. The lowest BCUT2D eigenvalue weighted by Crippen LogP contribution is -2.55. The smallest absolute Gasteiger partial charge is 0.251 e. The Balaban J connectivity index is 1.33. The number of benzene rings is 1. The molecule has 1 atom stereocenters. The normalized spacial score (nSPS) is 34.4. The second-order valence-corrected chi connectivity index (χ2v) is 11.8. The van der Waals surface area contributed by atoms with Crippen molar-refractivity contribution in [2.24, 2.45) is 23.2 Å². The van der Waals surface area contributed by atoms with Gasteiger partial charge in [-0.3, -0.25) is 9.10 Å². The zero-order valence-corrected chi connectivity index (χ0v) is 17.6. The number of nitrogens with one attached hydrogen (secondary N) is 1. The summed E-state index contributed by atoms with van der Waals surface area (Å²) in [4.78, 5) is 13.0. The van der Waals surface area contributed by atoms with E-state index in [0.717, 1.165) is 23.3 Å². The van der Waals surface area contributed by atoms with Crippen LogP contribution < -0.4 is 9.62 Å². The molecule has 0 saturated heterocycles. The van der Waals surface area contributed by atoms with E-state index < -0.39 is 10.0 Å². The van der Waals surface area contributed by atoms with Gasteiger partial charge < -0.3 is 5.32 Å². The van der Waals surface area contributed by atoms with E-state index in [4.69, 9.17) is 0 Å². The molecule has 6 rings (SSSR count). The van der Waals surface area contributed by atoms with Crippen LogP contribution in [0.5, 0.6) is 0 Å². The molecule has 28 heavy (non-hydrogen) atoms. The third kappa shape index (κ3) is 2.95. The Morgan fingerprint density at radius 2 is 1.75 bits per heavy atom. The molecule has 1 N–H and O–H groups in total. The number of amides is 1. The van der Waals surface area contributed by atoms with Gasteiger partial charge in [-0.15, -0.1) is 0 Å². The predicted molar refractivity (Wildman–Crippen MR) is 110 cm³/mol. The summed E-state index contributed by atoms with van der Waals surface area (Å²) in [6, 6.07) is 5.62. The number of nitrogens with zero attached hydrogens (tertiary/aromatic N) is 1. The quantitative estimate of drug-likeness (QED) is 0.840. The van der Waals surface area contributed by atoms with Crippen LogP contribution in [0.2, 0.25) is 0 Å². The maximum absolute atomic E-state index is 13.0. The van der Waals surface area contributed by atoms with Gasteiger partial charge in [0.1, 0.15) is 0 Å². The fraction of sp³-hybridized carbons (Fsp3) is 0.682. The summed E-state index contributed by atoms with van der Waals surface area (Å²) in [6.45, 7) is 2.66. The molecule has 4 fully saturated rings. The van der Waals surface area contributed by atoms with E-state index >= 15 is 0 Å². The summed E-state index contributed by atoms with van der Waals surface area (Å²) in [5.41, 5.74) is 2.59. The Hall–Kier alpha value is -1.56. The molecule has 4 saturated carbocycles. The maximum Gasteiger partial charge on any atom is 0.251 e. The third-order valence-corrected chi connectivity index (χ3v) is 9.13. The number of carbonyl (C=O) groups is 1. The fourth-order valence-corrected chi connectivity index (χ4v) is 7.96. The minimum Gasteiger partial charge on any atom is -0.349 e. The van der Waals surface area contributed by atoms with Crippen LogP contribution in [-0.2, 0) is 16.4 Å². The van der Waals surface area contributed by atoms with Crippen molar-refractivity contribution >= 4 is 21.6 Å². The number of carbonyl (C=O) groups excluding carboxylic acids is 1. The minimum atomic E-state index is -3.26. The van der Waals surface area contributed by atoms with Crippen LogP contribution in [0.4, 0.5) is 5.69 Å². The van der Waals surface area contributed by atoms with Gasteiger partial charge in [-0.2, -0.15) is 0 Å². The van der Waals surface area contributed by atoms with E-state index in [9.17, 15) is 13.2 Å². The lowest BCUT2D eigenvalue weighted by atomic mass is 9.48. The van der Waals surface area contributed by atoms with Gasteiger partial charge in [-0.1, -0.05) is 0 Å². The van der Waals surface area contributed by atoms with Gasteiger partial charge in [0, 0.05) is 18.2 Å². The highest BCUT2D eigenvalue weighted by Gasteiger charge is 2.53. The number of sulfonamides is 1. The summed E-state index contributed by atoms with van der Waals surface area (Å²) in [5.74, 6) is 2.58.